The number of benzene rings is 1. The number of carbonyl (C=O) groups is 1. The Labute approximate surface area is 139 Å². The molecule has 1 aromatic carbocycles. The number of hydrogen-bond donors (Lipinski definition) is 3. The van der Waals surface area contributed by atoms with Crippen LogP contribution in [-0.2, 0) is 6.42 Å². The van der Waals surface area contributed by atoms with E-state index in [1.807, 2.05) is 25.1 Å². The summed E-state index contributed by atoms with van der Waals surface area (Å²) in [5.41, 5.74) is 1.17. The molecule has 120 valence electrons. The fourth-order valence-electron chi connectivity index (χ4n) is 2.37. The number of aryl methyl sites for hydroxylation is 2. The van der Waals surface area contributed by atoms with Gasteiger partial charge in [0.2, 0.25) is 0 Å². The molecule has 23 heavy (non-hydrogen) atoms. The first-order valence-electron chi connectivity index (χ1n) is 7.15. The van der Waals surface area contributed by atoms with Crippen LogP contribution >= 0.6 is 15.9 Å². The zero-order chi connectivity index (χ0) is 16.4. The van der Waals surface area contributed by atoms with Gasteiger partial charge >= 0.3 is 5.69 Å². The van der Waals surface area contributed by atoms with Crippen molar-refractivity contribution in [3.8, 4) is 0 Å². The van der Waals surface area contributed by atoms with Crippen LogP contribution in [0.25, 0.3) is 11.0 Å². The minimum atomic E-state index is -0.326. The van der Waals surface area contributed by atoms with Crippen LogP contribution in [0, 0.1) is 6.92 Å². The second kappa shape index (κ2) is 6.41. The molecule has 7 nitrogen and oxygen atoms in total. The summed E-state index contributed by atoms with van der Waals surface area (Å²) in [6, 6.07) is 5.63. The summed E-state index contributed by atoms with van der Waals surface area (Å²) < 4.78 is 6.58. The van der Waals surface area contributed by atoms with Gasteiger partial charge in [0.25, 0.3) is 5.91 Å². The summed E-state index contributed by atoms with van der Waals surface area (Å²) in [7, 11) is 0. The fourth-order valence-corrected chi connectivity index (χ4v) is 2.73. The minimum absolute atomic E-state index is 0.245. The predicted octanol–water partition coefficient (Wildman–Crippen LogP) is 2.28. The molecule has 2 aromatic heterocycles. The van der Waals surface area contributed by atoms with Crippen LogP contribution in [0.15, 0.2) is 31.9 Å². The highest BCUT2D eigenvalue weighted by Crippen LogP contribution is 2.27. The number of H-pyrrole nitrogens is 2. The van der Waals surface area contributed by atoms with Crippen molar-refractivity contribution < 1.29 is 9.21 Å². The van der Waals surface area contributed by atoms with Gasteiger partial charge < -0.3 is 9.73 Å². The number of aromatic nitrogens is 3. The molecule has 0 aliphatic rings. The molecule has 2 heterocycles. The Morgan fingerprint density at radius 3 is 3.00 bits per heavy atom. The number of hydrogen-bond acceptors (Lipinski definition) is 4. The molecular formula is C15H15BrN4O3. The first kappa shape index (κ1) is 15.5. The van der Waals surface area contributed by atoms with E-state index in [-0.39, 0.29) is 11.6 Å². The minimum Gasteiger partial charge on any atom is -0.451 e. The molecule has 0 unspecified atom stereocenters. The van der Waals surface area contributed by atoms with Gasteiger partial charge in [-0.25, -0.2) is 9.89 Å². The Kier molecular flexibility index (Phi) is 4.33. The molecule has 0 bridgehead atoms. The van der Waals surface area contributed by atoms with Gasteiger partial charge in [0.1, 0.15) is 11.4 Å². The fraction of sp³-hybridized carbons (Fsp3) is 0.267. The third-order valence-electron chi connectivity index (χ3n) is 3.53. The van der Waals surface area contributed by atoms with Crippen LogP contribution in [0.5, 0.6) is 0 Å². The summed E-state index contributed by atoms with van der Waals surface area (Å²) in [6.45, 7) is 2.33. The summed E-state index contributed by atoms with van der Waals surface area (Å²) >= 11 is 3.41. The van der Waals surface area contributed by atoms with E-state index in [0.29, 0.717) is 36.6 Å². The molecule has 3 rings (SSSR count). The van der Waals surface area contributed by atoms with Gasteiger partial charge in [0.05, 0.1) is 0 Å². The average molecular weight is 379 g/mol. The number of aromatic amines is 2. The molecule has 3 aromatic rings. The number of nitrogens with zero attached hydrogens (tertiary/aromatic N) is 1. The molecule has 0 saturated carbocycles. The molecule has 0 saturated heterocycles. The lowest BCUT2D eigenvalue weighted by Crippen LogP contribution is -2.25. The molecule has 1 amide bonds. The van der Waals surface area contributed by atoms with Crippen LogP contribution in [0.1, 0.15) is 28.4 Å². The van der Waals surface area contributed by atoms with Crippen molar-refractivity contribution >= 4 is 32.8 Å². The molecule has 0 aliphatic carbocycles. The predicted molar refractivity (Wildman–Crippen MR) is 88.5 cm³/mol. The molecule has 0 spiro atoms. The van der Waals surface area contributed by atoms with Crippen molar-refractivity contribution in [1.29, 1.82) is 0 Å². The highest BCUT2D eigenvalue weighted by atomic mass is 79.9. The lowest BCUT2D eigenvalue weighted by Gasteiger charge is -2.02. The van der Waals surface area contributed by atoms with Crippen LogP contribution < -0.4 is 11.0 Å². The second-order valence-corrected chi connectivity index (χ2v) is 6.10. The van der Waals surface area contributed by atoms with E-state index < -0.39 is 0 Å². The van der Waals surface area contributed by atoms with Crippen molar-refractivity contribution in [1.82, 2.24) is 20.5 Å². The highest BCUT2D eigenvalue weighted by molar-refractivity contribution is 9.10. The first-order chi connectivity index (χ1) is 11.0. The number of carbonyl (C=O) groups excluding carboxylic acids is 1. The topological polar surface area (TPSA) is 104 Å². The molecular weight excluding hydrogens is 364 g/mol. The van der Waals surface area contributed by atoms with Crippen LogP contribution in [0.2, 0.25) is 0 Å². The highest BCUT2D eigenvalue weighted by Gasteiger charge is 2.17. The Morgan fingerprint density at radius 2 is 2.26 bits per heavy atom. The Bertz CT molecular complexity index is 909. The maximum atomic E-state index is 12.2. The quantitative estimate of drug-likeness (QED) is 0.592. The lowest BCUT2D eigenvalue weighted by atomic mass is 10.1. The summed E-state index contributed by atoms with van der Waals surface area (Å²) in [6.07, 6.45) is 1.24. The number of halogens is 1. The van der Waals surface area contributed by atoms with Gasteiger partial charge in [0.15, 0.2) is 5.76 Å². The lowest BCUT2D eigenvalue weighted by molar-refractivity contribution is 0.0927. The van der Waals surface area contributed by atoms with Gasteiger partial charge in [-0.1, -0.05) is 15.9 Å². The third-order valence-corrected chi connectivity index (χ3v) is 4.02. The zero-order valence-electron chi connectivity index (χ0n) is 12.4. The molecule has 0 aliphatic heterocycles. The average Bonchev–Trinajstić information content (AvgIpc) is 3.08. The van der Waals surface area contributed by atoms with Gasteiger partial charge in [-0.3, -0.25) is 9.78 Å². The van der Waals surface area contributed by atoms with Gasteiger partial charge in [-0.05, 0) is 31.5 Å². The van der Waals surface area contributed by atoms with E-state index in [4.69, 9.17) is 4.42 Å². The smallest absolute Gasteiger partial charge is 0.340 e. The molecule has 3 N–H and O–H groups in total. The van der Waals surface area contributed by atoms with Crippen LogP contribution in [0.3, 0.4) is 0 Å². The molecule has 0 atom stereocenters. The molecule has 0 radical (unpaired) electrons. The van der Waals surface area contributed by atoms with Crippen molar-refractivity contribution in [2.45, 2.75) is 19.8 Å². The Balaban J connectivity index is 1.62. The van der Waals surface area contributed by atoms with Gasteiger partial charge in [-0.15, -0.1) is 0 Å². The van der Waals surface area contributed by atoms with Crippen molar-refractivity contribution in [2.24, 2.45) is 0 Å². The monoisotopic (exact) mass is 378 g/mol. The maximum absolute atomic E-state index is 12.2. The summed E-state index contributed by atoms with van der Waals surface area (Å²) in [5.74, 6) is 0.658. The van der Waals surface area contributed by atoms with Crippen LogP contribution in [0.4, 0.5) is 0 Å². The van der Waals surface area contributed by atoms with Crippen LogP contribution in [-0.4, -0.2) is 27.6 Å². The summed E-state index contributed by atoms with van der Waals surface area (Å²) in [4.78, 5) is 25.7. The van der Waals surface area contributed by atoms with Crippen molar-refractivity contribution in [3.63, 3.8) is 0 Å². The Hall–Kier alpha value is -2.35. The van der Waals surface area contributed by atoms with E-state index in [2.05, 4.69) is 36.4 Å². The number of nitrogens with one attached hydrogen (secondary N) is 3. The van der Waals surface area contributed by atoms with E-state index in [1.165, 1.54) is 0 Å². The number of fused-ring (bicyclic) bond motifs is 1. The number of furan rings is 1. The van der Waals surface area contributed by atoms with Crippen molar-refractivity contribution in [3.05, 3.63) is 50.3 Å². The third kappa shape index (κ3) is 3.37. The van der Waals surface area contributed by atoms with E-state index in [0.717, 1.165) is 15.4 Å². The second-order valence-electron chi connectivity index (χ2n) is 5.18. The largest absolute Gasteiger partial charge is 0.451 e. The van der Waals surface area contributed by atoms with Gasteiger partial charge in [-0.2, -0.15) is 5.10 Å². The first-order valence-corrected chi connectivity index (χ1v) is 7.94. The maximum Gasteiger partial charge on any atom is 0.340 e. The van der Waals surface area contributed by atoms with E-state index >= 15 is 0 Å². The SMILES string of the molecule is Cc1c(C(=O)NCCCc2n[nH]c(=O)[nH]2)oc2ccc(Br)cc12. The van der Waals surface area contributed by atoms with Gasteiger partial charge in [0, 0.05) is 28.4 Å². The molecule has 0 fully saturated rings. The number of amides is 1. The summed E-state index contributed by atoms with van der Waals surface area (Å²) in [5, 5.41) is 9.85. The zero-order valence-corrected chi connectivity index (χ0v) is 14.0. The Morgan fingerprint density at radius 1 is 1.43 bits per heavy atom. The van der Waals surface area contributed by atoms with E-state index in [1.54, 1.807) is 0 Å². The standard InChI is InChI=1S/C15H15BrN4O3/c1-8-10-7-9(16)4-5-11(10)23-13(8)14(21)17-6-2-3-12-18-15(22)20-19-12/h4-5,7H,2-3,6H2,1H3,(H,17,21)(H2,18,19,20,22). The number of rotatable bonds is 5. The van der Waals surface area contributed by atoms with Crippen molar-refractivity contribution in [2.75, 3.05) is 6.54 Å². The normalized spacial score (nSPS) is 11.0. The molecule has 8 heteroatoms. The van der Waals surface area contributed by atoms with E-state index in [9.17, 15) is 9.59 Å².